The van der Waals surface area contributed by atoms with Crippen molar-refractivity contribution in [3.8, 4) is 0 Å². The smallest absolute Gasteiger partial charge is 0.226 e. The Bertz CT molecular complexity index is 151. The Balaban J connectivity index is 2.36. The lowest BCUT2D eigenvalue weighted by molar-refractivity contribution is -0.123. The highest BCUT2D eigenvalue weighted by molar-refractivity contribution is 6.14. The van der Waals surface area contributed by atoms with Crippen LogP contribution < -0.4 is 5.23 Å². The fourth-order valence-corrected chi connectivity index (χ4v) is 2.01. The van der Waals surface area contributed by atoms with Crippen molar-refractivity contribution in [2.24, 2.45) is 5.92 Å². The van der Waals surface area contributed by atoms with Crippen molar-refractivity contribution >= 4 is 13.9 Å². The lowest BCUT2D eigenvalue weighted by Crippen LogP contribution is -2.28. The summed E-state index contributed by atoms with van der Waals surface area (Å²) in [5.41, 5.74) is 0. The van der Waals surface area contributed by atoms with Crippen molar-refractivity contribution in [3.63, 3.8) is 0 Å². The Morgan fingerprint density at radius 3 is 1.92 bits per heavy atom. The second-order valence-electron chi connectivity index (χ2n) is 3.90. The average Bonchev–Trinajstić information content (AvgIpc) is 2.29. The molecule has 1 aliphatic carbocycles. The molecule has 0 saturated heterocycles. The van der Waals surface area contributed by atoms with Crippen LogP contribution in [0.3, 0.4) is 0 Å². The van der Waals surface area contributed by atoms with E-state index in [0.29, 0.717) is 0 Å². The maximum absolute atomic E-state index is 11.3. The van der Waals surface area contributed by atoms with Gasteiger partial charge in [-0.1, -0.05) is 38.5 Å². The first kappa shape index (κ1) is 10.6. The molecule has 0 heterocycles. The first-order chi connectivity index (χ1) is 6.34. The molecule has 1 fully saturated rings. The number of amides is 1. The van der Waals surface area contributed by atoms with E-state index in [0.717, 1.165) is 12.8 Å². The van der Waals surface area contributed by atoms with E-state index in [1.165, 1.54) is 38.5 Å². The second-order valence-corrected chi connectivity index (χ2v) is 3.90. The summed E-state index contributed by atoms with van der Waals surface area (Å²) in [6, 6.07) is 0. The molecule has 1 N–H and O–H groups in total. The molecule has 0 unspecified atom stereocenters. The predicted molar refractivity (Wildman–Crippen MR) is 54.3 cm³/mol. The molecule has 1 amide bonds. The van der Waals surface area contributed by atoms with Gasteiger partial charge in [0.2, 0.25) is 13.9 Å². The van der Waals surface area contributed by atoms with Gasteiger partial charge in [0.05, 0.1) is 0 Å². The number of hydrogen-bond acceptors (Lipinski definition) is 1. The van der Waals surface area contributed by atoms with E-state index >= 15 is 0 Å². The van der Waals surface area contributed by atoms with Crippen LogP contribution in [0.4, 0.5) is 0 Å². The highest BCUT2D eigenvalue weighted by Gasteiger charge is 2.16. The van der Waals surface area contributed by atoms with E-state index < -0.39 is 0 Å². The molecule has 0 aromatic heterocycles. The van der Waals surface area contributed by atoms with Crippen molar-refractivity contribution in [2.45, 2.75) is 51.4 Å². The summed E-state index contributed by atoms with van der Waals surface area (Å²) < 4.78 is 0. The summed E-state index contributed by atoms with van der Waals surface area (Å²) >= 11 is 0. The third-order valence-electron chi connectivity index (χ3n) is 2.87. The standard InChI is InChI=1S/C10H18BNO/c11-12-10(13)9-7-5-3-1-2-4-6-8-9/h9H,1-8H2,(H,12,13). The van der Waals surface area contributed by atoms with Crippen LogP contribution in [0.25, 0.3) is 0 Å². The summed E-state index contributed by atoms with van der Waals surface area (Å²) in [5.74, 6) is 0.199. The van der Waals surface area contributed by atoms with Crippen molar-refractivity contribution in [2.75, 3.05) is 0 Å². The van der Waals surface area contributed by atoms with Crippen LogP contribution >= 0.6 is 0 Å². The Morgan fingerprint density at radius 1 is 1.00 bits per heavy atom. The van der Waals surface area contributed by atoms with Crippen molar-refractivity contribution < 1.29 is 4.79 Å². The van der Waals surface area contributed by atoms with Gasteiger partial charge in [0.1, 0.15) is 0 Å². The molecule has 3 heteroatoms. The van der Waals surface area contributed by atoms with Crippen molar-refractivity contribution in [1.29, 1.82) is 0 Å². The molecule has 0 spiro atoms. The van der Waals surface area contributed by atoms with Crippen LogP contribution in [-0.4, -0.2) is 13.9 Å². The third-order valence-corrected chi connectivity index (χ3v) is 2.87. The van der Waals surface area contributed by atoms with E-state index in [2.05, 4.69) is 5.23 Å². The summed E-state index contributed by atoms with van der Waals surface area (Å²) in [7, 11) is 5.13. The molecular weight excluding hydrogens is 161 g/mol. The number of rotatable bonds is 1. The lowest BCUT2D eigenvalue weighted by atomic mass is 9.95. The van der Waals surface area contributed by atoms with E-state index in [-0.39, 0.29) is 11.8 Å². The Morgan fingerprint density at radius 2 is 1.46 bits per heavy atom. The molecule has 13 heavy (non-hydrogen) atoms. The van der Waals surface area contributed by atoms with Crippen LogP contribution in [-0.2, 0) is 4.79 Å². The zero-order chi connectivity index (χ0) is 9.52. The van der Waals surface area contributed by atoms with Crippen LogP contribution in [0.5, 0.6) is 0 Å². The molecule has 1 rings (SSSR count). The van der Waals surface area contributed by atoms with Crippen LogP contribution in [0.15, 0.2) is 0 Å². The summed E-state index contributed by atoms with van der Waals surface area (Å²) in [4.78, 5) is 11.3. The Hall–Kier alpha value is -0.465. The first-order valence-electron chi connectivity index (χ1n) is 5.35. The van der Waals surface area contributed by atoms with Gasteiger partial charge < -0.3 is 5.23 Å². The van der Waals surface area contributed by atoms with Gasteiger partial charge >= 0.3 is 0 Å². The molecule has 0 aromatic carbocycles. The molecule has 0 aromatic rings. The molecular formula is C10H18BNO. The van der Waals surface area contributed by atoms with Crippen LogP contribution in [0, 0.1) is 5.92 Å². The third kappa shape index (κ3) is 3.84. The van der Waals surface area contributed by atoms with Gasteiger partial charge in [-0.2, -0.15) is 0 Å². The first-order valence-corrected chi connectivity index (χ1v) is 5.35. The molecule has 1 saturated carbocycles. The fourth-order valence-electron chi connectivity index (χ4n) is 2.01. The van der Waals surface area contributed by atoms with Gasteiger partial charge in [-0.05, 0) is 12.8 Å². The SMILES string of the molecule is [B]NC(=O)C1CCCCCCCC1. The summed E-state index contributed by atoms with van der Waals surface area (Å²) in [5, 5.41) is 2.26. The Kier molecular flexibility index (Phi) is 4.95. The lowest BCUT2D eigenvalue weighted by Gasteiger charge is -2.13. The number of carbonyl (C=O) groups excluding carboxylic acids is 1. The van der Waals surface area contributed by atoms with Crippen LogP contribution in [0.2, 0.25) is 0 Å². The van der Waals surface area contributed by atoms with Crippen molar-refractivity contribution in [1.82, 2.24) is 5.23 Å². The van der Waals surface area contributed by atoms with Gasteiger partial charge in [-0.15, -0.1) is 0 Å². The average molecular weight is 179 g/mol. The largest absolute Gasteiger partial charge is 0.409 e. The fraction of sp³-hybridized carbons (Fsp3) is 0.900. The maximum Gasteiger partial charge on any atom is 0.226 e. The van der Waals surface area contributed by atoms with E-state index in [1.807, 2.05) is 0 Å². The van der Waals surface area contributed by atoms with E-state index in [1.54, 1.807) is 0 Å². The van der Waals surface area contributed by atoms with Gasteiger partial charge in [0.15, 0.2) is 0 Å². The second kappa shape index (κ2) is 6.06. The van der Waals surface area contributed by atoms with Gasteiger partial charge in [0.25, 0.3) is 0 Å². The summed E-state index contributed by atoms with van der Waals surface area (Å²) in [6.07, 6.45) is 9.60. The number of hydrogen-bond donors (Lipinski definition) is 1. The van der Waals surface area contributed by atoms with Gasteiger partial charge in [0, 0.05) is 5.92 Å². The maximum atomic E-state index is 11.3. The minimum atomic E-state index is 0.0295. The normalized spacial score (nSPS) is 21.2. The van der Waals surface area contributed by atoms with E-state index in [9.17, 15) is 4.79 Å². The highest BCUT2D eigenvalue weighted by atomic mass is 16.1. The molecule has 0 bridgehead atoms. The summed E-state index contributed by atoms with van der Waals surface area (Å²) in [6.45, 7) is 0. The quantitative estimate of drug-likeness (QED) is 0.612. The molecule has 1 aliphatic rings. The van der Waals surface area contributed by atoms with Crippen molar-refractivity contribution in [3.05, 3.63) is 0 Å². The monoisotopic (exact) mass is 179 g/mol. The van der Waals surface area contributed by atoms with E-state index in [4.69, 9.17) is 7.98 Å². The molecule has 0 aliphatic heterocycles. The highest BCUT2D eigenvalue weighted by Crippen LogP contribution is 2.21. The zero-order valence-electron chi connectivity index (χ0n) is 8.22. The minimum Gasteiger partial charge on any atom is -0.409 e. The van der Waals surface area contributed by atoms with Gasteiger partial charge in [-0.25, -0.2) is 0 Å². The molecule has 2 radical (unpaired) electrons. The zero-order valence-corrected chi connectivity index (χ0v) is 8.22. The number of nitrogens with one attached hydrogen (secondary N) is 1. The Labute approximate surface area is 81.9 Å². The van der Waals surface area contributed by atoms with Gasteiger partial charge in [-0.3, -0.25) is 4.79 Å². The number of carbonyl (C=O) groups is 1. The molecule has 2 nitrogen and oxygen atoms in total. The minimum absolute atomic E-state index is 0.0295. The molecule has 0 atom stereocenters. The molecule has 72 valence electrons. The topological polar surface area (TPSA) is 29.1 Å². The van der Waals surface area contributed by atoms with Crippen LogP contribution in [0.1, 0.15) is 51.4 Å². The predicted octanol–water partition coefficient (Wildman–Crippen LogP) is 1.94.